The Hall–Kier alpha value is -4.59. The number of nitro groups is 1. The third-order valence-electron chi connectivity index (χ3n) is 4.80. The fourth-order valence-electron chi connectivity index (χ4n) is 3.08. The van der Waals surface area contributed by atoms with E-state index >= 15 is 0 Å². The van der Waals surface area contributed by atoms with E-state index in [0.717, 1.165) is 0 Å². The molecule has 3 aromatic rings. The monoisotopic (exact) mass is 466 g/mol. The highest BCUT2D eigenvalue weighted by atomic mass is 16.6. The summed E-state index contributed by atoms with van der Waals surface area (Å²) in [6.07, 6.45) is 5.96. The minimum Gasteiger partial charge on any atom is -0.493 e. The van der Waals surface area contributed by atoms with Crippen molar-refractivity contribution in [3.8, 4) is 35.5 Å². The Morgan fingerprint density at radius 2 is 1.94 bits per heavy atom. The maximum atomic E-state index is 12.2. The smallest absolute Gasteiger partial charge is 0.412 e. The van der Waals surface area contributed by atoms with Crippen LogP contribution in [0.25, 0.3) is 10.9 Å². The second-order valence-electron chi connectivity index (χ2n) is 6.91. The van der Waals surface area contributed by atoms with Crippen molar-refractivity contribution in [2.45, 2.75) is 25.9 Å². The highest BCUT2D eigenvalue weighted by molar-refractivity contribution is 5.89. The van der Waals surface area contributed by atoms with Crippen LogP contribution in [0, 0.1) is 22.5 Å². The molecule has 0 saturated carbocycles. The van der Waals surface area contributed by atoms with Gasteiger partial charge in [-0.2, -0.15) is 0 Å². The summed E-state index contributed by atoms with van der Waals surface area (Å²) in [5, 5.41) is 14.5. The zero-order chi connectivity index (χ0) is 24.7. The molecule has 1 aromatic heterocycles. The van der Waals surface area contributed by atoms with Gasteiger partial charge >= 0.3 is 6.09 Å². The van der Waals surface area contributed by atoms with Gasteiger partial charge in [0.15, 0.2) is 11.5 Å². The lowest BCUT2D eigenvalue weighted by Crippen LogP contribution is -2.22. The van der Waals surface area contributed by atoms with E-state index < -0.39 is 22.8 Å². The van der Waals surface area contributed by atoms with Gasteiger partial charge in [0.2, 0.25) is 5.88 Å². The van der Waals surface area contributed by atoms with Gasteiger partial charge in [0.25, 0.3) is 5.69 Å². The van der Waals surface area contributed by atoms with Crippen molar-refractivity contribution < 1.29 is 28.7 Å². The molecular formula is C23H22N4O7. The van der Waals surface area contributed by atoms with Crippen LogP contribution in [-0.2, 0) is 4.74 Å². The Kier molecular flexibility index (Phi) is 7.66. The number of aromatic nitrogens is 2. The van der Waals surface area contributed by atoms with Gasteiger partial charge in [-0.15, -0.1) is 12.3 Å². The summed E-state index contributed by atoms with van der Waals surface area (Å²) in [7, 11) is 2.99. The average molecular weight is 466 g/mol. The van der Waals surface area contributed by atoms with E-state index in [-0.39, 0.29) is 23.7 Å². The Balaban J connectivity index is 1.89. The molecule has 34 heavy (non-hydrogen) atoms. The van der Waals surface area contributed by atoms with Gasteiger partial charge in [0.1, 0.15) is 23.9 Å². The molecule has 3 rings (SSSR count). The number of nitrogens with one attached hydrogen (secondary N) is 1. The number of nitrogens with zero attached hydrogens (tertiary/aromatic N) is 3. The standard InChI is InChI=1S/C23H22N4O7/c1-5-7-14(6-2)34-23(28)26-17-9-8-15(10-19(17)27(29)30)33-22-16-11-20(31-3)21(32-4)12-18(16)24-13-25-22/h1,8-14H,6-7H2,2-4H3,(H,26,28). The fraction of sp³-hybridized carbons (Fsp3) is 0.261. The van der Waals surface area contributed by atoms with Crippen LogP contribution in [-0.4, -0.2) is 41.3 Å². The number of amides is 1. The molecule has 0 aliphatic heterocycles. The second-order valence-corrected chi connectivity index (χ2v) is 6.91. The van der Waals surface area contributed by atoms with Crippen molar-refractivity contribution in [3.05, 3.63) is 46.8 Å². The van der Waals surface area contributed by atoms with Crippen LogP contribution in [0.5, 0.6) is 23.1 Å². The summed E-state index contributed by atoms with van der Waals surface area (Å²) in [6.45, 7) is 1.81. The van der Waals surface area contributed by atoms with Crippen molar-refractivity contribution in [2.75, 3.05) is 19.5 Å². The van der Waals surface area contributed by atoms with Crippen molar-refractivity contribution in [1.82, 2.24) is 9.97 Å². The minimum absolute atomic E-state index is 0.0585. The molecule has 1 N–H and O–H groups in total. The van der Waals surface area contributed by atoms with Crippen molar-refractivity contribution in [1.29, 1.82) is 0 Å². The van der Waals surface area contributed by atoms with Crippen LogP contribution < -0.4 is 19.5 Å². The molecule has 0 aliphatic rings. The molecule has 0 bridgehead atoms. The molecule has 0 fully saturated rings. The van der Waals surface area contributed by atoms with Gasteiger partial charge < -0.3 is 18.9 Å². The summed E-state index contributed by atoms with van der Waals surface area (Å²) in [5.41, 5.74) is 0.0737. The van der Waals surface area contributed by atoms with E-state index in [1.54, 1.807) is 12.1 Å². The van der Waals surface area contributed by atoms with Crippen molar-refractivity contribution >= 4 is 28.4 Å². The topological polar surface area (TPSA) is 135 Å². The number of hydrogen-bond acceptors (Lipinski definition) is 9. The lowest BCUT2D eigenvalue weighted by Gasteiger charge is -2.14. The highest BCUT2D eigenvalue weighted by Crippen LogP contribution is 2.37. The summed E-state index contributed by atoms with van der Waals surface area (Å²) < 4.78 is 21.6. The molecule has 11 nitrogen and oxygen atoms in total. The largest absolute Gasteiger partial charge is 0.493 e. The number of carbonyl (C=O) groups excluding carboxylic acids is 1. The quantitative estimate of drug-likeness (QED) is 0.270. The van der Waals surface area contributed by atoms with E-state index in [4.69, 9.17) is 25.4 Å². The van der Waals surface area contributed by atoms with Crippen LogP contribution in [0.2, 0.25) is 0 Å². The van der Waals surface area contributed by atoms with Gasteiger partial charge in [-0.05, 0) is 24.6 Å². The maximum Gasteiger partial charge on any atom is 0.412 e. The van der Waals surface area contributed by atoms with E-state index in [2.05, 4.69) is 21.2 Å². The van der Waals surface area contributed by atoms with E-state index in [1.165, 1.54) is 38.7 Å². The van der Waals surface area contributed by atoms with Crippen LogP contribution in [0.3, 0.4) is 0 Å². The number of nitro benzene ring substituents is 1. The molecule has 2 aromatic carbocycles. The Labute approximate surface area is 195 Å². The number of ether oxygens (including phenoxy) is 4. The second kappa shape index (κ2) is 10.8. The summed E-state index contributed by atoms with van der Waals surface area (Å²) >= 11 is 0. The molecule has 1 unspecified atom stereocenters. The fourth-order valence-corrected chi connectivity index (χ4v) is 3.08. The highest BCUT2D eigenvalue weighted by Gasteiger charge is 2.21. The molecule has 0 saturated heterocycles. The normalized spacial score (nSPS) is 11.2. The number of carbonyl (C=O) groups is 1. The van der Waals surface area contributed by atoms with Gasteiger partial charge in [0, 0.05) is 12.5 Å². The van der Waals surface area contributed by atoms with Crippen molar-refractivity contribution in [2.24, 2.45) is 0 Å². The van der Waals surface area contributed by atoms with Crippen LogP contribution in [0.4, 0.5) is 16.2 Å². The van der Waals surface area contributed by atoms with E-state index in [0.29, 0.717) is 28.8 Å². The summed E-state index contributed by atoms with van der Waals surface area (Å²) in [6, 6.07) is 7.26. The van der Waals surface area contributed by atoms with Gasteiger partial charge in [0.05, 0.1) is 36.1 Å². The first-order valence-electron chi connectivity index (χ1n) is 10.1. The van der Waals surface area contributed by atoms with Gasteiger partial charge in [-0.1, -0.05) is 6.92 Å². The molecule has 176 valence electrons. The van der Waals surface area contributed by atoms with Crippen LogP contribution in [0.15, 0.2) is 36.7 Å². The zero-order valence-electron chi connectivity index (χ0n) is 18.7. The third-order valence-corrected chi connectivity index (χ3v) is 4.80. The number of benzene rings is 2. The molecule has 11 heteroatoms. The SMILES string of the molecule is C#CCC(CC)OC(=O)Nc1ccc(Oc2ncnc3cc(OC)c(OC)cc23)cc1[N+](=O)[O-]. The molecular weight excluding hydrogens is 444 g/mol. The minimum atomic E-state index is -0.846. The number of hydrogen-bond donors (Lipinski definition) is 1. The number of terminal acetylenes is 1. The average Bonchev–Trinajstić information content (AvgIpc) is 2.83. The number of rotatable bonds is 9. The number of methoxy groups -OCH3 is 2. The van der Waals surface area contributed by atoms with Gasteiger partial charge in [-0.25, -0.2) is 14.8 Å². The predicted octanol–water partition coefficient (Wildman–Crippen LogP) is 4.70. The molecule has 1 heterocycles. The van der Waals surface area contributed by atoms with Crippen LogP contribution in [0.1, 0.15) is 19.8 Å². The van der Waals surface area contributed by atoms with Crippen LogP contribution >= 0.6 is 0 Å². The maximum absolute atomic E-state index is 12.2. The molecule has 0 aliphatic carbocycles. The first kappa shape index (κ1) is 24.1. The Morgan fingerprint density at radius 3 is 2.59 bits per heavy atom. The first-order chi connectivity index (χ1) is 16.4. The molecule has 0 spiro atoms. The summed E-state index contributed by atoms with van der Waals surface area (Å²) in [4.78, 5) is 31.5. The van der Waals surface area contributed by atoms with Gasteiger partial charge in [-0.3, -0.25) is 15.4 Å². The van der Waals surface area contributed by atoms with Crippen molar-refractivity contribution in [3.63, 3.8) is 0 Å². The lowest BCUT2D eigenvalue weighted by atomic mass is 10.2. The molecule has 1 amide bonds. The Bertz CT molecular complexity index is 1260. The first-order valence-corrected chi connectivity index (χ1v) is 10.1. The van der Waals surface area contributed by atoms with E-state index in [1.807, 2.05) is 6.92 Å². The molecule has 0 radical (unpaired) electrons. The zero-order valence-corrected chi connectivity index (χ0v) is 18.7. The third kappa shape index (κ3) is 5.42. The lowest BCUT2D eigenvalue weighted by molar-refractivity contribution is -0.384. The van der Waals surface area contributed by atoms with E-state index in [9.17, 15) is 14.9 Å². The Morgan fingerprint density at radius 1 is 1.21 bits per heavy atom. The molecule has 1 atom stereocenters. The number of fused-ring (bicyclic) bond motifs is 1. The summed E-state index contributed by atoms with van der Waals surface area (Å²) in [5.74, 6) is 3.61. The number of anilines is 1. The predicted molar refractivity (Wildman–Crippen MR) is 123 cm³/mol.